The number of hydrogen-bond acceptors (Lipinski definition) is 6. The van der Waals surface area contributed by atoms with E-state index >= 15 is 0 Å². The molecule has 25 heavy (non-hydrogen) atoms. The van der Waals surface area contributed by atoms with Gasteiger partial charge in [0.05, 0.1) is 16.4 Å². The molecule has 0 aliphatic heterocycles. The number of thioether (sulfide) groups is 1. The van der Waals surface area contributed by atoms with E-state index in [9.17, 15) is 9.59 Å². The molecule has 0 bridgehead atoms. The van der Waals surface area contributed by atoms with Crippen molar-refractivity contribution in [1.82, 2.24) is 15.3 Å². The predicted octanol–water partition coefficient (Wildman–Crippen LogP) is 2.50. The van der Waals surface area contributed by atoms with Gasteiger partial charge in [0.1, 0.15) is 10.7 Å². The maximum atomic E-state index is 12.2. The van der Waals surface area contributed by atoms with Crippen LogP contribution in [0.15, 0.2) is 4.79 Å². The largest absolute Gasteiger partial charge is 0.353 e. The summed E-state index contributed by atoms with van der Waals surface area (Å²) in [6, 6.07) is 0. The lowest BCUT2D eigenvalue weighted by Crippen LogP contribution is -2.46. The molecule has 0 aromatic carbocycles. The fourth-order valence-electron chi connectivity index (χ4n) is 2.11. The van der Waals surface area contributed by atoms with Crippen molar-refractivity contribution in [3.63, 3.8) is 0 Å². The van der Waals surface area contributed by atoms with E-state index in [2.05, 4.69) is 15.3 Å². The Labute approximate surface area is 161 Å². The van der Waals surface area contributed by atoms with Gasteiger partial charge in [-0.2, -0.15) is 0 Å². The summed E-state index contributed by atoms with van der Waals surface area (Å²) in [5.74, 6) is 1.00. The molecule has 1 amide bonds. The number of H-pyrrole nitrogens is 1. The summed E-state index contributed by atoms with van der Waals surface area (Å²) >= 11 is 2.96. The number of nitrogens with one attached hydrogen (secondary N) is 2. The van der Waals surface area contributed by atoms with Gasteiger partial charge < -0.3 is 16.0 Å². The van der Waals surface area contributed by atoms with Crippen LogP contribution in [0.2, 0.25) is 0 Å². The maximum Gasteiger partial charge on any atom is 0.259 e. The van der Waals surface area contributed by atoms with E-state index in [4.69, 9.17) is 5.73 Å². The van der Waals surface area contributed by atoms with Gasteiger partial charge in [0.15, 0.2) is 0 Å². The van der Waals surface area contributed by atoms with Crippen molar-refractivity contribution in [3.05, 3.63) is 26.6 Å². The van der Waals surface area contributed by atoms with Crippen LogP contribution in [0.1, 0.15) is 37.0 Å². The molecule has 0 spiro atoms. The Hall–Kier alpha value is -1.09. The Bertz CT molecular complexity index is 811. The smallest absolute Gasteiger partial charge is 0.259 e. The van der Waals surface area contributed by atoms with Crippen LogP contribution in [0, 0.1) is 13.8 Å². The van der Waals surface area contributed by atoms with E-state index in [-0.39, 0.29) is 29.1 Å². The van der Waals surface area contributed by atoms with E-state index in [0.717, 1.165) is 15.3 Å². The van der Waals surface area contributed by atoms with Crippen LogP contribution in [0.4, 0.5) is 0 Å². The minimum atomic E-state index is -0.438. The number of nitrogens with two attached hydrogens (primary N) is 1. The van der Waals surface area contributed by atoms with Gasteiger partial charge in [-0.3, -0.25) is 9.59 Å². The summed E-state index contributed by atoms with van der Waals surface area (Å²) in [7, 11) is 0. The Kier molecular flexibility index (Phi) is 7.49. The summed E-state index contributed by atoms with van der Waals surface area (Å²) in [5, 5.41) is 3.25. The molecule has 2 rings (SSSR count). The zero-order chi connectivity index (χ0) is 18.1. The molecule has 0 saturated heterocycles. The van der Waals surface area contributed by atoms with E-state index in [1.165, 1.54) is 23.1 Å². The molecule has 0 fully saturated rings. The van der Waals surface area contributed by atoms with E-state index in [1.807, 2.05) is 34.6 Å². The lowest BCUT2D eigenvalue weighted by Gasteiger charge is -2.20. The second-order valence-corrected chi connectivity index (χ2v) is 9.17. The lowest BCUT2D eigenvalue weighted by molar-refractivity contribution is -0.120. The highest BCUT2D eigenvalue weighted by atomic mass is 35.5. The number of carbonyl (C=O) groups is 1. The van der Waals surface area contributed by atoms with Gasteiger partial charge in [-0.05, 0) is 40.2 Å². The van der Waals surface area contributed by atoms with Gasteiger partial charge in [0.25, 0.3) is 5.56 Å². The topological polar surface area (TPSA) is 101 Å². The number of carbonyl (C=O) groups excluding carboxylic acids is 1. The number of nitrogens with zero attached hydrogens (tertiary/aromatic N) is 1. The molecular formula is C16H25ClN4O2S2. The third kappa shape index (κ3) is 5.70. The SMILES string of the molecule is Cc1sc2nc(CSC(C)C(=O)NCC(C)(C)N)[nH]c(=O)c2c1C.Cl. The van der Waals surface area contributed by atoms with Crippen molar-refractivity contribution < 1.29 is 4.79 Å². The molecule has 4 N–H and O–H groups in total. The number of amides is 1. The molecule has 9 heteroatoms. The average Bonchev–Trinajstić information content (AvgIpc) is 2.76. The molecule has 0 radical (unpaired) electrons. The van der Waals surface area contributed by atoms with Crippen LogP contribution in [0.5, 0.6) is 0 Å². The monoisotopic (exact) mass is 404 g/mol. The molecule has 2 aromatic rings. The average molecular weight is 405 g/mol. The molecule has 0 saturated carbocycles. The van der Waals surface area contributed by atoms with Crippen LogP contribution in [0.25, 0.3) is 10.2 Å². The number of aromatic amines is 1. The molecule has 6 nitrogen and oxygen atoms in total. The Morgan fingerprint density at radius 1 is 1.44 bits per heavy atom. The molecule has 140 valence electrons. The van der Waals surface area contributed by atoms with E-state index in [1.54, 1.807) is 0 Å². The van der Waals surface area contributed by atoms with Crippen molar-refractivity contribution in [1.29, 1.82) is 0 Å². The van der Waals surface area contributed by atoms with Crippen LogP contribution >= 0.6 is 35.5 Å². The Morgan fingerprint density at radius 2 is 2.08 bits per heavy atom. The number of rotatable bonds is 6. The van der Waals surface area contributed by atoms with Gasteiger partial charge in [-0.15, -0.1) is 35.5 Å². The van der Waals surface area contributed by atoms with Crippen molar-refractivity contribution in [2.75, 3.05) is 6.54 Å². The highest BCUT2D eigenvalue weighted by molar-refractivity contribution is 7.99. The first-order chi connectivity index (χ1) is 11.1. The highest BCUT2D eigenvalue weighted by Crippen LogP contribution is 2.26. The van der Waals surface area contributed by atoms with Gasteiger partial charge in [0, 0.05) is 17.0 Å². The van der Waals surface area contributed by atoms with Gasteiger partial charge in [-0.25, -0.2) is 4.98 Å². The van der Waals surface area contributed by atoms with Crippen molar-refractivity contribution >= 4 is 51.6 Å². The van der Waals surface area contributed by atoms with Gasteiger partial charge in [-0.1, -0.05) is 0 Å². The first kappa shape index (κ1) is 22.0. The number of aryl methyl sites for hydroxylation is 2. The summed E-state index contributed by atoms with van der Waals surface area (Å²) in [6.45, 7) is 9.90. The van der Waals surface area contributed by atoms with E-state index in [0.29, 0.717) is 23.5 Å². The third-order valence-corrected chi connectivity index (χ3v) is 5.90. The molecule has 0 aliphatic rings. The molecule has 2 heterocycles. The molecule has 1 unspecified atom stereocenters. The minimum Gasteiger partial charge on any atom is -0.353 e. The van der Waals surface area contributed by atoms with Crippen LogP contribution in [-0.4, -0.2) is 33.2 Å². The predicted molar refractivity (Wildman–Crippen MR) is 109 cm³/mol. The lowest BCUT2D eigenvalue weighted by atomic mass is 10.1. The molecular weight excluding hydrogens is 380 g/mol. The van der Waals surface area contributed by atoms with Crippen molar-refractivity contribution in [2.24, 2.45) is 5.73 Å². The first-order valence-corrected chi connectivity index (χ1v) is 9.62. The van der Waals surface area contributed by atoms with Gasteiger partial charge in [0.2, 0.25) is 5.91 Å². The van der Waals surface area contributed by atoms with Crippen molar-refractivity contribution in [3.8, 4) is 0 Å². The summed E-state index contributed by atoms with van der Waals surface area (Å²) in [4.78, 5) is 33.5. The first-order valence-electron chi connectivity index (χ1n) is 7.75. The second-order valence-electron chi connectivity index (χ2n) is 6.64. The highest BCUT2D eigenvalue weighted by Gasteiger charge is 2.18. The third-order valence-electron chi connectivity index (χ3n) is 3.65. The number of aromatic nitrogens is 2. The van der Waals surface area contributed by atoms with E-state index < -0.39 is 5.54 Å². The number of hydrogen-bond donors (Lipinski definition) is 3. The zero-order valence-electron chi connectivity index (χ0n) is 15.1. The molecule has 1 atom stereocenters. The Morgan fingerprint density at radius 3 is 2.68 bits per heavy atom. The van der Waals surface area contributed by atoms with Crippen LogP contribution in [-0.2, 0) is 10.5 Å². The fourth-order valence-corrected chi connectivity index (χ4v) is 3.93. The Balaban J connectivity index is 0.00000312. The fraction of sp³-hybridized carbons (Fsp3) is 0.562. The van der Waals surface area contributed by atoms with Crippen LogP contribution in [0.3, 0.4) is 0 Å². The summed E-state index contributed by atoms with van der Waals surface area (Å²) in [6.07, 6.45) is 0. The normalized spacial score (nSPS) is 12.7. The molecule has 2 aromatic heterocycles. The van der Waals surface area contributed by atoms with Crippen LogP contribution < -0.4 is 16.6 Å². The number of halogens is 1. The zero-order valence-corrected chi connectivity index (χ0v) is 17.5. The number of thiophene rings is 1. The summed E-state index contributed by atoms with van der Waals surface area (Å²) < 4.78 is 0. The quantitative estimate of drug-likeness (QED) is 0.686. The van der Waals surface area contributed by atoms with Crippen molar-refractivity contribution in [2.45, 2.75) is 51.2 Å². The standard InChI is InChI=1S/C16H24N4O2S2.ClH/c1-8-9(2)24-15-12(8)14(22)19-11(20-15)6-23-10(3)13(21)18-7-16(4,5)17;/h10H,6-7,17H2,1-5H3,(H,18,21)(H,19,20,22);1H. The van der Waals surface area contributed by atoms with Gasteiger partial charge >= 0.3 is 0 Å². The number of fused-ring (bicyclic) bond motifs is 1. The molecule has 0 aliphatic carbocycles. The second kappa shape index (κ2) is 8.53. The maximum absolute atomic E-state index is 12.2. The summed E-state index contributed by atoms with van der Waals surface area (Å²) in [5.41, 5.74) is 6.30. The minimum absolute atomic E-state index is 0.